The van der Waals surface area contributed by atoms with Crippen molar-refractivity contribution in [2.24, 2.45) is 0 Å². The minimum atomic E-state index is -0.847. The predicted molar refractivity (Wildman–Crippen MR) is 96.0 cm³/mol. The Morgan fingerprint density at radius 3 is 2.93 bits per heavy atom. The maximum atomic E-state index is 11.1. The van der Waals surface area contributed by atoms with Crippen LogP contribution in [0.5, 0.6) is 0 Å². The molecule has 9 heteroatoms. The third kappa shape index (κ3) is 3.63. The van der Waals surface area contributed by atoms with Gasteiger partial charge in [-0.25, -0.2) is 4.79 Å². The molecule has 142 valence electrons. The maximum absolute atomic E-state index is 11.1. The fraction of sp³-hybridized carbons (Fsp3) is 0.444. The first-order valence-corrected chi connectivity index (χ1v) is 9.02. The highest BCUT2D eigenvalue weighted by Crippen LogP contribution is 2.26. The van der Waals surface area contributed by atoms with Crippen molar-refractivity contribution in [3.63, 3.8) is 0 Å². The van der Waals surface area contributed by atoms with Gasteiger partial charge < -0.3 is 18.9 Å². The molecule has 27 heavy (non-hydrogen) atoms. The van der Waals surface area contributed by atoms with E-state index >= 15 is 0 Å². The Balaban J connectivity index is 1.44. The van der Waals surface area contributed by atoms with Crippen LogP contribution in [0.3, 0.4) is 0 Å². The average molecular weight is 371 g/mol. The summed E-state index contributed by atoms with van der Waals surface area (Å²) in [5.74, 6) is 1.46. The second-order valence-corrected chi connectivity index (χ2v) is 6.60. The zero-order valence-electron chi connectivity index (χ0n) is 15.0. The number of furan rings is 1. The molecule has 1 aliphatic heterocycles. The Morgan fingerprint density at radius 2 is 2.22 bits per heavy atom. The molecule has 0 aliphatic carbocycles. The molecule has 9 nitrogen and oxygen atoms in total. The second kappa shape index (κ2) is 7.36. The van der Waals surface area contributed by atoms with E-state index in [2.05, 4.69) is 26.9 Å². The van der Waals surface area contributed by atoms with E-state index in [9.17, 15) is 4.79 Å². The van der Waals surface area contributed by atoms with Gasteiger partial charge in [0.1, 0.15) is 5.58 Å². The molecule has 1 N–H and O–H groups in total. The van der Waals surface area contributed by atoms with E-state index in [4.69, 9.17) is 14.0 Å². The number of amides is 1. The van der Waals surface area contributed by atoms with E-state index in [1.54, 1.807) is 18.5 Å². The Morgan fingerprint density at radius 1 is 1.41 bits per heavy atom. The van der Waals surface area contributed by atoms with Crippen molar-refractivity contribution in [3.05, 3.63) is 30.4 Å². The molecule has 3 aromatic rings. The summed E-state index contributed by atoms with van der Waals surface area (Å²) in [6.45, 7) is 4.58. The van der Waals surface area contributed by atoms with Gasteiger partial charge in [-0.1, -0.05) is 12.1 Å². The predicted octanol–water partition coefficient (Wildman–Crippen LogP) is 2.84. The third-order valence-electron chi connectivity index (χ3n) is 5.00. The minimum absolute atomic E-state index is 0.310. The van der Waals surface area contributed by atoms with E-state index in [1.165, 1.54) is 4.90 Å². The van der Waals surface area contributed by atoms with E-state index in [0.717, 1.165) is 30.4 Å². The fourth-order valence-corrected chi connectivity index (χ4v) is 3.51. The molecule has 3 aromatic heterocycles. The normalized spacial score (nSPS) is 15.7. The monoisotopic (exact) mass is 371 g/mol. The van der Waals surface area contributed by atoms with Gasteiger partial charge in [-0.15, -0.1) is 0 Å². The van der Waals surface area contributed by atoms with Gasteiger partial charge in [-0.3, -0.25) is 9.88 Å². The lowest BCUT2D eigenvalue weighted by Gasteiger charge is -2.36. The number of piperidine rings is 1. The molecule has 4 rings (SSSR count). The Labute approximate surface area is 155 Å². The number of hydrogen-bond donors (Lipinski definition) is 1. The van der Waals surface area contributed by atoms with Crippen LogP contribution in [0.15, 0.2) is 33.5 Å². The van der Waals surface area contributed by atoms with Gasteiger partial charge in [0.05, 0.1) is 6.54 Å². The van der Waals surface area contributed by atoms with Crippen LogP contribution in [0, 0.1) is 0 Å². The summed E-state index contributed by atoms with van der Waals surface area (Å²) in [6, 6.07) is 3.93. The van der Waals surface area contributed by atoms with Crippen LogP contribution in [0.4, 0.5) is 4.79 Å². The van der Waals surface area contributed by atoms with Crippen LogP contribution in [-0.2, 0) is 6.54 Å². The molecule has 0 unspecified atom stereocenters. The number of carboxylic acid groups (broad SMARTS) is 1. The van der Waals surface area contributed by atoms with Crippen molar-refractivity contribution in [1.82, 2.24) is 24.9 Å². The van der Waals surface area contributed by atoms with Crippen molar-refractivity contribution in [1.29, 1.82) is 0 Å². The molecule has 0 atom stereocenters. The minimum Gasteiger partial charge on any atom is -0.465 e. The van der Waals surface area contributed by atoms with Gasteiger partial charge in [-0.2, -0.15) is 4.98 Å². The second-order valence-electron chi connectivity index (χ2n) is 6.60. The van der Waals surface area contributed by atoms with Crippen LogP contribution in [0.1, 0.15) is 25.6 Å². The first-order valence-electron chi connectivity index (χ1n) is 9.02. The van der Waals surface area contributed by atoms with Gasteiger partial charge >= 0.3 is 6.09 Å². The number of carbonyl (C=O) groups is 1. The van der Waals surface area contributed by atoms with Crippen LogP contribution in [-0.4, -0.2) is 61.8 Å². The summed E-state index contributed by atoms with van der Waals surface area (Å²) in [6.07, 6.45) is 4.16. The summed E-state index contributed by atoms with van der Waals surface area (Å²) in [7, 11) is 0. The van der Waals surface area contributed by atoms with E-state index in [0.29, 0.717) is 43.2 Å². The van der Waals surface area contributed by atoms with Crippen LogP contribution >= 0.6 is 0 Å². The van der Waals surface area contributed by atoms with E-state index < -0.39 is 6.09 Å². The van der Waals surface area contributed by atoms with Gasteiger partial charge in [-0.05, 0) is 31.5 Å². The molecule has 1 saturated heterocycles. The fourth-order valence-electron chi connectivity index (χ4n) is 3.51. The summed E-state index contributed by atoms with van der Waals surface area (Å²) in [5.41, 5.74) is 0.722. The highest BCUT2D eigenvalue weighted by molar-refractivity contribution is 5.80. The lowest BCUT2D eigenvalue weighted by Crippen LogP contribution is -2.46. The van der Waals surface area contributed by atoms with Gasteiger partial charge in [0.2, 0.25) is 0 Å². The molecule has 0 radical (unpaired) electrons. The smallest absolute Gasteiger partial charge is 0.407 e. The Kier molecular flexibility index (Phi) is 4.76. The van der Waals surface area contributed by atoms with Crippen LogP contribution < -0.4 is 0 Å². The number of fused-ring (bicyclic) bond motifs is 1. The van der Waals surface area contributed by atoms with Crippen molar-refractivity contribution in [2.75, 3.05) is 19.6 Å². The zero-order valence-corrected chi connectivity index (χ0v) is 15.0. The van der Waals surface area contributed by atoms with Gasteiger partial charge in [0, 0.05) is 36.9 Å². The van der Waals surface area contributed by atoms with Crippen molar-refractivity contribution >= 4 is 17.1 Å². The first kappa shape index (κ1) is 17.5. The highest BCUT2D eigenvalue weighted by Gasteiger charge is 2.27. The van der Waals surface area contributed by atoms with Crippen molar-refractivity contribution < 1.29 is 18.8 Å². The molecule has 0 spiro atoms. The third-order valence-corrected chi connectivity index (χ3v) is 5.00. The number of rotatable bonds is 5. The lowest BCUT2D eigenvalue weighted by molar-refractivity contribution is 0.0923. The number of aromatic nitrogens is 3. The molecule has 1 aliphatic rings. The molecular formula is C18H21N5O4. The number of likely N-dealkylation sites (tertiary alicyclic amines) is 1. The zero-order chi connectivity index (χ0) is 18.8. The van der Waals surface area contributed by atoms with Gasteiger partial charge in [0.15, 0.2) is 11.6 Å². The SMILES string of the molecule is CCN(Cc1noc(-c2cc3cnccc3o2)n1)C1CCN(C(=O)O)CC1. The summed E-state index contributed by atoms with van der Waals surface area (Å²) in [4.78, 5) is 23.3. The molecule has 1 fully saturated rings. The Bertz CT molecular complexity index is 896. The van der Waals surface area contributed by atoms with Crippen molar-refractivity contribution in [3.8, 4) is 11.7 Å². The number of hydrogen-bond acceptors (Lipinski definition) is 7. The molecule has 0 bridgehead atoms. The Hall–Kier alpha value is -2.94. The van der Waals surface area contributed by atoms with Crippen LogP contribution in [0.2, 0.25) is 0 Å². The number of pyridine rings is 1. The standard InChI is InChI=1S/C18H21N5O4/c1-2-22(13-4-7-23(8-5-13)18(24)25)11-16-20-17(27-21-16)15-9-12-10-19-6-3-14(12)26-15/h3,6,9-10,13H,2,4-5,7-8,11H2,1H3,(H,24,25). The molecular weight excluding hydrogens is 350 g/mol. The van der Waals surface area contributed by atoms with Gasteiger partial charge in [0.25, 0.3) is 5.89 Å². The van der Waals surface area contributed by atoms with Crippen LogP contribution in [0.25, 0.3) is 22.6 Å². The van der Waals surface area contributed by atoms with E-state index in [-0.39, 0.29) is 0 Å². The largest absolute Gasteiger partial charge is 0.465 e. The summed E-state index contributed by atoms with van der Waals surface area (Å²) >= 11 is 0. The number of nitrogens with zero attached hydrogens (tertiary/aromatic N) is 5. The van der Waals surface area contributed by atoms with E-state index in [1.807, 2.05) is 6.07 Å². The maximum Gasteiger partial charge on any atom is 0.407 e. The lowest BCUT2D eigenvalue weighted by atomic mass is 10.0. The summed E-state index contributed by atoms with van der Waals surface area (Å²) < 4.78 is 11.1. The molecule has 0 aromatic carbocycles. The first-order chi connectivity index (χ1) is 13.1. The molecule has 1 amide bonds. The average Bonchev–Trinajstić information content (AvgIpc) is 3.32. The quantitative estimate of drug-likeness (QED) is 0.729. The molecule has 0 saturated carbocycles. The highest BCUT2D eigenvalue weighted by atomic mass is 16.5. The summed E-state index contributed by atoms with van der Waals surface area (Å²) in [5, 5.41) is 14.0. The topological polar surface area (TPSA) is 109 Å². The van der Waals surface area contributed by atoms with Crippen molar-refractivity contribution in [2.45, 2.75) is 32.4 Å². The molecule has 4 heterocycles.